The van der Waals surface area contributed by atoms with Gasteiger partial charge in [-0.2, -0.15) is 0 Å². The molecule has 25 heavy (non-hydrogen) atoms. The highest BCUT2D eigenvalue weighted by atomic mass is 16.2. The van der Waals surface area contributed by atoms with Crippen LogP contribution in [0.2, 0.25) is 0 Å². The minimum Gasteiger partial charge on any atom is -0.370 e. The van der Waals surface area contributed by atoms with Crippen LogP contribution in [0.25, 0.3) is 0 Å². The molecule has 1 N–H and O–H groups in total. The highest BCUT2D eigenvalue weighted by Gasteiger charge is 2.27. The molecule has 1 aliphatic rings. The maximum atomic E-state index is 12.8. The Labute approximate surface area is 149 Å². The van der Waals surface area contributed by atoms with Gasteiger partial charge in [0.25, 0.3) is 5.91 Å². The molecule has 1 aromatic heterocycles. The number of carbonyl (C=O) groups excluding carboxylic acids is 1. The predicted molar refractivity (Wildman–Crippen MR) is 99.6 cm³/mol. The van der Waals surface area contributed by atoms with Gasteiger partial charge in [-0.15, -0.1) is 0 Å². The predicted octanol–water partition coefficient (Wildman–Crippen LogP) is 3.54. The Morgan fingerprint density at radius 1 is 1.24 bits per heavy atom. The fourth-order valence-electron chi connectivity index (χ4n) is 3.39. The molecule has 0 bridgehead atoms. The number of nitrogens with one attached hydrogen (secondary N) is 1. The van der Waals surface area contributed by atoms with Crippen molar-refractivity contribution in [2.24, 2.45) is 0 Å². The zero-order valence-electron chi connectivity index (χ0n) is 14.8. The third-order valence-electron chi connectivity index (χ3n) is 4.81. The molecule has 132 valence electrons. The lowest BCUT2D eigenvalue weighted by Gasteiger charge is -2.35. The number of hydrogen-bond acceptors (Lipinski definition) is 4. The van der Waals surface area contributed by atoms with Crippen molar-refractivity contribution in [2.45, 2.75) is 45.1 Å². The van der Waals surface area contributed by atoms with Gasteiger partial charge in [-0.1, -0.05) is 37.3 Å². The number of amides is 1. The smallest absolute Gasteiger partial charge is 0.272 e. The molecule has 0 spiro atoms. The van der Waals surface area contributed by atoms with Crippen molar-refractivity contribution in [3.63, 3.8) is 0 Å². The monoisotopic (exact) mass is 338 g/mol. The van der Waals surface area contributed by atoms with E-state index < -0.39 is 0 Å². The number of nitrogens with zero attached hydrogens (tertiary/aromatic N) is 3. The molecule has 0 saturated carbocycles. The van der Waals surface area contributed by atoms with Crippen LogP contribution in [0.1, 0.15) is 48.7 Å². The van der Waals surface area contributed by atoms with Crippen LogP contribution in [0, 0.1) is 0 Å². The average Bonchev–Trinajstić information content (AvgIpc) is 2.68. The van der Waals surface area contributed by atoms with Crippen LogP contribution >= 0.6 is 0 Å². The molecular weight excluding hydrogens is 312 g/mol. The van der Waals surface area contributed by atoms with Crippen molar-refractivity contribution < 1.29 is 4.79 Å². The van der Waals surface area contributed by atoms with Gasteiger partial charge in [0.15, 0.2) is 0 Å². The van der Waals surface area contributed by atoms with E-state index in [1.54, 1.807) is 6.07 Å². The summed E-state index contributed by atoms with van der Waals surface area (Å²) in [5.41, 5.74) is 1.76. The van der Waals surface area contributed by atoms with Crippen molar-refractivity contribution in [2.75, 3.05) is 18.4 Å². The molecule has 0 aliphatic carbocycles. The SMILES string of the molecule is CCC1CCCCN1C(=O)c1cc(NCCc2ccccc2)ncn1. The lowest BCUT2D eigenvalue weighted by atomic mass is 9.99. The van der Waals surface area contributed by atoms with E-state index in [9.17, 15) is 4.79 Å². The Kier molecular flexibility index (Phi) is 5.99. The van der Waals surface area contributed by atoms with Gasteiger partial charge in [-0.3, -0.25) is 4.79 Å². The third-order valence-corrected chi connectivity index (χ3v) is 4.81. The first-order valence-electron chi connectivity index (χ1n) is 9.18. The van der Waals surface area contributed by atoms with E-state index in [1.807, 2.05) is 23.1 Å². The largest absolute Gasteiger partial charge is 0.370 e. The van der Waals surface area contributed by atoms with E-state index >= 15 is 0 Å². The Morgan fingerprint density at radius 3 is 2.88 bits per heavy atom. The summed E-state index contributed by atoms with van der Waals surface area (Å²) in [5, 5.41) is 3.29. The summed E-state index contributed by atoms with van der Waals surface area (Å²) in [7, 11) is 0. The van der Waals surface area contributed by atoms with Gasteiger partial charge in [-0.05, 0) is 37.7 Å². The van der Waals surface area contributed by atoms with E-state index in [2.05, 4.69) is 34.3 Å². The zero-order chi connectivity index (χ0) is 17.5. The van der Waals surface area contributed by atoms with Crippen LogP contribution in [0.5, 0.6) is 0 Å². The summed E-state index contributed by atoms with van der Waals surface area (Å²) in [6.45, 7) is 3.75. The number of hydrogen-bond donors (Lipinski definition) is 1. The Morgan fingerprint density at radius 2 is 2.08 bits per heavy atom. The molecule has 1 amide bonds. The Hall–Kier alpha value is -2.43. The zero-order valence-corrected chi connectivity index (χ0v) is 14.8. The minimum absolute atomic E-state index is 0.0278. The second-order valence-electron chi connectivity index (χ2n) is 6.51. The average molecular weight is 338 g/mol. The number of carbonyl (C=O) groups is 1. The molecule has 1 aliphatic heterocycles. The van der Waals surface area contributed by atoms with E-state index in [0.29, 0.717) is 17.6 Å². The number of aromatic nitrogens is 2. The van der Waals surface area contributed by atoms with Crippen molar-refractivity contribution in [1.29, 1.82) is 0 Å². The van der Waals surface area contributed by atoms with E-state index in [4.69, 9.17) is 0 Å². The number of rotatable bonds is 6. The number of likely N-dealkylation sites (tertiary alicyclic amines) is 1. The summed E-state index contributed by atoms with van der Waals surface area (Å²) in [4.78, 5) is 23.3. The maximum Gasteiger partial charge on any atom is 0.272 e. The van der Waals surface area contributed by atoms with Gasteiger partial charge in [0.2, 0.25) is 0 Å². The lowest BCUT2D eigenvalue weighted by Crippen LogP contribution is -2.43. The van der Waals surface area contributed by atoms with E-state index in [-0.39, 0.29) is 5.91 Å². The molecule has 5 nitrogen and oxygen atoms in total. The van der Waals surface area contributed by atoms with Crippen molar-refractivity contribution in [1.82, 2.24) is 14.9 Å². The molecule has 2 heterocycles. The fraction of sp³-hybridized carbons (Fsp3) is 0.450. The fourth-order valence-corrected chi connectivity index (χ4v) is 3.39. The molecule has 5 heteroatoms. The Bertz CT molecular complexity index is 689. The van der Waals surface area contributed by atoms with Gasteiger partial charge in [0.1, 0.15) is 17.8 Å². The maximum absolute atomic E-state index is 12.8. The molecule has 0 radical (unpaired) electrons. The van der Waals surface area contributed by atoms with E-state index in [1.165, 1.54) is 18.3 Å². The van der Waals surface area contributed by atoms with Crippen LogP contribution < -0.4 is 5.32 Å². The second-order valence-corrected chi connectivity index (χ2v) is 6.51. The summed E-state index contributed by atoms with van der Waals surface area (Å²) in [6.07, 6.45) is 6.77. The second kappa shape index (κ2) is 8.60. The molecule has 1 saturated heterocycles. The van der Waals surface area contributed by atoms with Gasteiger partial charge < -0.3 is 10.2 Å². The topological polar surface area (TPSA) is 58.1 Å². The summed E-state index contributed by atoms with van der Waals surface area (Å²) in [5.74, 6) is 0.736. The molecule has 1 aromatic carbocycles. The third kappa shape index (κ3) is 4.56. The number of benzene rings is 1. The van der Waals surface area contributed by atoms with Crippen molar-refractivity contribution in [3.05, 3.63) is 54.0 Å². The molecule has 1 unspecified atom stereocenters. The highest BCUT2D eigenvalue weighted by Crippen LogP contribution is 2.21. The van der Waals surface area contributed by atoms with Crippen molar-refractivity contribution >= 4 is 11.7 Å². The molecule has 2 aromatic rings. The standard InChI is InChI=1S/C20H26N4O/c1-2-17-10-6-7-13-24(17)20(25)18-14-19(23-15-22-18)21-12-11-16-8-4-3-5-9-16/h3-5,8-9,14-15,17H,2,6-7,10-13H2,1H3,(H,21,22,23). The first-order chi connectivity index (χ1) is 12.3. The summed E-state index contributed by atoms with van der Waals surface area (Å²) >= 11 is 0. The molecule has 3 rings (SSSR count). The summed E-state index contributed by atoms with van der Waals surface area (Å²) < 4.78 is 0. The number of piperidine rings is 1. The highest BCUT2D eigenvalue weighted by molar-refractivity contribution is 5.93. The molecular formula is C20H26N4O. The quantitative estimate of drug-likeness (QED) is 0.875. The molecule has 1 atom stereocenters. The molecule has 1 fully saturated rings. The van der Waals surface area contributed by atoms with Crippen LogP contribution in [-0.2, 0) is 6.42 Å². The van der Waals surface area contributed by atoms with Crippen LogP contribution in [0.3, 0.4) is 0 Å². The van der Waals surface area contributed by atoms with Crippen LogP contribution in [0.15, 0.2) is 42.7 Å². The lowest BCUT2D eigenvalue weighted by molar-refractivity contribution is 0.0602. The van der Waals surface area contributed by atoms with Gasteiger partial charge in [0, 0.05) is 25.2 Å². The first kappa shape index (κ1) is 17.4. The van der Waals surface area contributed by atoms with Gasteiger partial charge in [0.05, 0.1) is 0 Å². The Balaban J connectivity index is 1.61. The first-order valence-corrected chi connectivity index (χ1v) is 9.18. The van der Waals surface area contributed by atoms with Crippen molar-refractivity contribution in [3.8, 4) is 0 Å². The summed E-state index contributed by atoms with van der Waals surface area (Å²) in [6, 6.07) is 12.4. The van der Waals surface area contributed by atoms with Gasteiger partial charge >= 0.3 is 0 Å². The van der Waals surface area contributed by atoms with Gasteiger partial charge in [-0.25, -0.2) is 9.97 Å². The van der Waals surface area contributed by atoms with Crippen LogP contribution in [-0.4, -0.2) is 39.9 Å². The van der Waals surface area contributed by atoms with E-state index in [0.717, 1.165) is 38.8 Å². The minimum atomic E-state index is 0.0278. The normalized spacial score (nSPS) is 17.3. The van der Waals surface area contributed by atoms with Crippen LogP contribution in [0.4, 0.5) is 5.82 Å². The number of anilines is 1.